The van der Waals surface area contributed by atoms with E-state index in [1.807, 2.05) is 11.8 Å². The molecule has 0 saturated carbocycles. The van der Waals surface area contributed by atoms with Gasteiger partial charge >= 0.3 is 6.09 Å². The molecule has 10 heteroatoms. The number of methoxy groups -OCH3 is 1. The number of hydrogen-bond acceptors (Lipinski definition) is 8. The zero-order valence-electron chi connectivity index (χ0n) is 16.6. The average molecular weight is 406 g/mol. The Labute approximate surface area is 168 Å². The number of allylic oxidation sites excluding steroid dienone is 2. The van der Waals surface area contributed by atoms with Crippen LogP contribution in [0.4, 0.5) is 4.79 Å². The molecule has 0 aromatic heterocycles. The number of hydrogen-bond donors (Lipinski definition) is 5. The summed E-state index contributed by atoms with van der Waals surface area (Å²) >= 11 is 0. The number of aliphatic hydroxyl groups is 1. The Balaban J connectivity index is 0.000000552. The zero-order chi connectivity index (χ0) is 21.7. The van der Waals surface area contributed by atoms with Crippen molar-refractivity contribution in [1.82, 2.24) is 15.5 Å². The summed E-state index contributed by atoms with van der Waals surface area (Å²) in [6.07, 6.45) is -1.33. The molecule has 3 heterocycles. The van der Waals surface area contributed by atoms with Gasteiger partial charge in [0.15, 0.2) is 5.72 Å². The normalized spacial score (nSPS) is 31.7. The van der Waals surface area contributed by atoms with Crippen molar-refractivity contribution in [3.63, 3.8) is 0 Å². The molecular weight excluding hydrogens is 380 g/mol. The molecule has 4 rings (SSSR count). The highest BCUT2D eigenvalue weighted by Gasteiger charge is 2.72. The van der Waals surface area contributed by atoms with Crippen LogP contribution in [0.1, 0.15) is 13.8 Å². The van der Waals surface area contributed by atoms with Crippen LogP contribution < -0.4 is 16.4 Å². The number of rotatable bonds is 5. The SMILES string of the molecule is C=C(C)CNC1=C(C)C(=O)C2=C(C1=O)C(CO)C1(OC)C3NC3CN21.NC(=O)O. The van der Waals surface area contributed by atoms with Gasteiger partial charge in [-0.15, -0.1) is 0 Å². The maximum Gasteiger partial charge on any atom is 0.402 e. The highest BCUT2D eigenvalue weighted by atomic mass is 16.5. The Morgan fingerprint density at radius 1 is 1.45 bits per heavy atom. The summed E-state index contributed by atoms with van der Waals surface area (Å²) in [6, 6.07) is 0.256. The molecule has 2 saturated heterocycles. The number of nitrogens with two attached hydrogens (primary N) is 1. The Bertz CT molecular complexity index is 859. The van der Waals surface area contributed by atoms with Crippen molar-refractivity contribution in [2.45, 2.75) is 31.7 Å². The van der Waals surface area contributed by atoms with Crippen LogP contribution in [0.3, 0.4) is 0 Å². The smallest absolute Gasteiger partial charge is 0.402 e. The summed E-state index contributed by atoms with van der Waals surface area (Å²) < 4.78 is 5.84. The molecule has 29 heavy (non-hydrogen) atoms. The van der Waals surface area contributed by atoms with E-state index in [2.05, 4.69) is 22.9 Å². The topological polar surface area (TPSA) is 164 Å². The van der Waals surface area contributed by atoms with Crippen molar-refractivity contribution in [1.29, 1.82) is 0 Å². The van der Waals surface area contributed by atoms with Crippen LogP contribution in [0.15, 0.2) is 34.7 Å². The number of carbonyl (C=O) groups is 3. The van der Waals surface area contributed by atoms with Gasteiger partial charge in [-0.2, -0.15) is 0 Å². The van der Waals surface area contributed by atoms with Crippen LogP contribution in [0.2, 0.25) is 0 Å². The van der Waals surface area contributed by atoms with Gasteiger partial charge in [-0.05, 0) is 13.8 Å². The number of fused-ring (bicyclic) bond motifs is 4. The predicted molar refractivity (Wildman–Crippen MR) is 103 cm³/mol. The van der Waals surface area contributed by atoms with Gasteiger partial charge in [0.25, 0.3) is 0 Å². The number of Topliss-reactive ketones (excluding diaryl/α,β-unsaturated/α-hetero) is 2. The first-order chi connectivity index (χ1) is 13.6. The van der Waals surface area contributed by atoms with Crippen LogP contribution in [-0.4, -0.2) is 77.4 Å². The van der Waals surface area contributed by atoms with Gasteiger partial charge in [0.2, 0.25) is 11.6 Å². The van der Waals surface area contributed by atoms with Gasteiger partial charge in [0.1, 0.15) is 0 Å². The van der Waals surface area contributed by atoms with Crippen molar-refractivity contribution in [2.75, 3.05) is 26.8 Å². The molecule has 1 amide bonds. The Kier molecular flexibility index (Phi) is 5.28. The second-order valence-electron chi connectivity index (χ2n) is 7.62. The molecule has 0 aromatic rings. The second kappa shape index (κ2) is 7.29. The minimum absolute atomic E-state index is 0.0213. The number of nitrogens with zero attached hydrogens (tertiary/aromatic N) is 1. The first kappa shape index (κ1) is 21.0. The minimum atomic E-state index is -1.33. The average Bonchev–Trinajstić information content (AvgIpc) is 3.25. The third kappa shape index (κ3) is 3.04. The Morgan fingerprint density at radius 2 is 2.07 bits per heavy atom. The lowest BCUT2D eigenvalue weighted by molar-refractivity contribution is -0.137. The van der Waals surface area contributed by atoms with E-state index < -0.39 is 17.7 Å². The summed E-state index contributed by atoms with van der Waals surface area (Å²) in [5, 5.41) is 23.6. The molecule has 0 radical (unpaired) electrons. The van der Waals surface area contributed by atoms with Crippen molar-refractivity contribution < 1.29 is 29.3 Å². The van der Waals surface area contributed by atoms with Crippen molar-refractivity contribution >= 4 is 17.7 Å². The van der Waals surface area contributed by atoms with Crippen molar-refractivity contribution in [2.24, 2.45) is 11.7 Å². The minimum Gasteiger partial charge on any atom is -0.465 e. The molecule has 3 aliphatic heterocycles. The molecule has 4 atom stereocenters. The maximum absolute atomic E-state index is 13.2. The number of carboxylic acid groups (broad SMARTS) is 1. The highest BCUT2D eigenvalue weighted by Crippen LogP contribution is 2.55. The van der Waals surface area contributed by atoms with Gasteiger partial charge in [-0.1, -0.05) is 12.2 Å². The number of ketones is 2. The molecular formula is C19H26N4O6. The fraction of sp³-hybridized carbons (Fsp3) is 0.526. The van der Waals surface area contributed by atoms with Crippen LogP contribution in [0, 0.1) is 5.92 Å². The molecule has 6 N–H and O–H groups in total. The van der Waals surface area contributed by atoms with E-state index in [4.69, 9.17) is 14.6 Å². The largest absolute Gasteiger partial charge is 0.465 e. The van der Waals surface area contributed by atoms with Gasteiger partial charge in [0.05, 0.1) is 30.0 Å². The number of primary amides is 1. The first-order valence-corrected chi connectivity index (χ1v) is 9.22. The van der Waals surface area contributed by atoms with Crippen LogP contribution >= 0.6 is 0 Å². The van der Waals surface area contributed by atoms with Gasteiger partial charge in [-0.3, -0.25) is 9.59 Å². The molecule has 158 valence electrons. The standard InChI is InChI=1S/C18H23N3O4.CH3NO2/c1-8(2)5-19-13-9(3)15(23)14-12(16(13)24)10(7-22)18(25-4)17-11(20-17)6-21(14)18;2-1(3)4/h10-11,17,19-20,22H,1,5-7H2,2-4H3;2H2,(H,3,4). The highest BCUT2D eigenvalue weighted by molar-refractivity contribution is 6.25. The molecule has 4 aliphatic rings. The van der Waals surface area contributed by atoms with Crippen LogP contribution in [0.5, 0.6) is 0 Å². The first-order valence-electron chi connectivity index (χ1n) is 9.22. The van der Waals surface area contributed by atoms with Crippen molar-refractivity contribution in [3.8, 4) is 0 Å². The lowest BCUT2D eigenvalue weighted by atomic mass is 9.82. The summed E-state index contributed by atoms with van der Waals surface area (Å²) in [5.74, 6) is -0.948. The fourth-order valence-corrected chi connectivity index (χ4v) is 4.60. The van der Waals surface area contributed by atoms with Crippen molar-refractivity contribution in [3.05, 3.63) is 34.7 Å². The number of amides is 1. The molecule has 0 spiro atoms. The van der Waals surface area contributed by atoms with Gasteiger partial charge in [-0.25, -0.2) is 4.79 Å². The molecule has 0 aromatic carbocycles. The Hall–Kier alpha value is -2.69. The molecule has 4 unspecified atom stereocenters. The van der Waals surface area contributed by atoms with Gasteiger partial charge < -0.3 is 36.2 Å². The van der Waals surface area contributed by atoms with E-state index >= 15 is 0 Å². The molecule has 2 fully saturated rings. The van der Waals surface area contributed by atoms with E-state index in [0.29, 0.717) is 35.6 Å². The quantitative estimate of drug-likeness (QED) is 0.220. The number of piperazine rings is 1. The van der Waals surface area contributed by atoms with Crippen LogP contribution in [-0.2, 0) is 14.3 Å². The number of carbonyl (C=O) groups excluding carboxylic acids is 2. The predicted octanol–water partition coefficient (Wildman–Crippen LogP) is -0.924. The van der Waals surface area contributed by atoms with Gasteiger partial charge in [0, 0.05) is 37.4 Å². The third-order valence-electron chi connectivity index (χ3n) is 5.79. The fourth-order valence-electron chi connectivity index (χ4n) is 4.60. The molecule has 10 nitrogen and oxygen atoms in total. The van der Waals surface area contributed by atoms with Crippen LogP contribution in [0.25, 0.3) is 0 Å². The van der Waals surface area contributed by atoms with E-state index in [1.165, 1.54) is 0 Å². The summed E-state index contributed by atoms with van der Waals surface area (Å²) in [5.41, 5.74) is 5.51. The summed E-state index contributed by atoms with van der Waals surface area (Å²) in [7, 11) is 1.58. The second-order valence-corrected chi connectivity index (χ2v) is 7.62. The van der Waals surface area contributed by atoms with E-state index in [1.54, 1.807) is 14.0 Å². The maximum atomic E-state index is 13.2. The number of ether oxygens (including phenoxy) is 1. The van der Waals surface area contributed by atoms with E-state index in [-0.39, 0.29) is 30.3 Å². The summed E-state index contributed by atoms with van der Waals surface area (Å²) in [4.78, 5) is 36.9. The lowest BCUT2D eigenvalue weighted by Crippen LogP contribution is -2.54. The number of aliphatic hydroxyl groups excluding tert-OH is 1. The summed E-state index contributed by atoms with van der Waals surface area (Å²) in [6.45, 7) is 8.12. The van der Waals surface area contributed by atoms with E-state index in [0.717, 1.165) is 5.57 Å². The number of nitrogens with one attached hydrogen (secondary N) is 2. The molecule has 1 aliphatic carbocycles. The zero-order valence-corrected chi connectivity index (χ0v) is 16.6. The Morgan fingerprint density at radius 3 is 2.59 bits per heavy atom. The molecule has 0 bridgehead atoms. The third-order valence-corrected chi connectivity index (χ3v) is 5.79. The van der Waals surface area contributed by atoms with E-state index in [9.17, 15) is 14.7 Å². The lowest BCUT2D eigenvalue weighted by Gasteiger charge is -2.39. The monoisotopic (exact) mass is 406 g/mol.